The number of nitrogens with one attached hydrogen (secondary N) is 2. The molecule has 2 N–H and O–H groups in total. The fraction of sp³-hybridized carbons (Fsp3) is 0.308. The highest BCUT2D eigenvalue weighted by Crippen LogP contribution is 2.25. The van der Waals surface area contributed by atoms with Gasteiger partial charge in [0.15, 0.2) is 0 Å². The summed E-state index contributed by atoms with van der Waals surface area (Å²) in [6.45, 7) is 4.57. The van der Waals surface area contributed by atoms with E-state index in [9.17, 15) is 10.1 Å². The SMILES string of the molecule is CCNc1cc([N+](=O)[O-])cc(NC(C)c2ccsc2)n1. The summed E-state index contributed by atoms with van der Waals surface area (Å²) in [5, 5.41) is 21.2. The van der Waals surface area contributed by atoms with Crippen molar-refractivity contribution in [3.63, 3.8) is 0 Å². The maximum atomic E-state index is 10.9. The predicted octanol–water partition coefficient (Wildman–Crippen LogP) is 3.66. The first kappa shape index (κ1) is 14.3. The molecule has 0 spiro atoms. The quantitative estimate of drug-likeness (QED) is 0.627. The summed E-state index contributed by atoms with van der Waals surface area (Å²) in [5.41, 5.74) is 1.16. The van der Waals surface area contributed by atoms with E-state index in [1.54, 1.807) is 11.3 Å². The first-order chi connectivity index (χ1) is 9.60. The monoisotopic (exact) mass is 292 g/mol. The number of pyridine rings is 1. The fourth-order valence-corrected chi connectivity index (χ4v) is 2.55. The molecule has 0 aliphatic rings. The molecule has 6 nitrogen and oxygen atoms in total. The first-order valence-electron chi connectivity index (χ1n) is 6.29. The van der Waals surface area contributed by atoms with Crippen LogP contribution in [0, 0.1) is 10.1 Å². The van der Waals surface area contributed by atoms with Crippen molar-refractivity contribution in [1.29, 1.82) is 0 Å². The van der Waals surface area contributed by atoms with E-state index < -0.39 is 4.92 Å². The molecule has 0 aliphatic carbocycles. The van der Waals surface area contributed by atoms with Crippen molar-refractivity contribution in [2.45, 2.75) is 19.9 Å². The van der Waals surface area contributed by atoms with E-state index in [4.69, 9.17) is 0 Å². The van der Waals surface area contributed by atoms with E-state index in [0.29, 0.717) is 18.2 Å². The minimum Gasteiger partial charge on any atom is -0.370 e. The van der Waals surface area contributed by atoms with Crippen LogP contribution in [0.5, 0.6) is 0 Å². The molecule has 1 atom stereocenters. The molecule has 0 amide bonds. The van der Waals surface area contributed by atoms with Gasteiger partial charge in [-0.15, -0.1) is 0 Å². The van der Waals surface area contributed by atoms with Crippen molar-refractivity contribution in [2.24, 2.45) is 0 Å². The summed E-state index contributed by atoms with van der Waals surface area (Å²) in [5.74, 6) is 0.996. The van der Waals surface area contributed by atoms with E-state index in [0.717, 1.165) is 5.56 Å². The molecular weight excluding hydrogens is 276 g/mol. The van der Waals surface area contributed by atoms with Crippen LogP contribution < -0.4 is 10.6 Å². The normalized spacial score (nSPS) is 11.9. The Bertz CT molecular complexity index is 586. The summed E-state index contributed by atoms with van der Waals surface area (Å²) >= 11 is 1.62. The lowest BCUT2D eigenvalue weighted by Crippen LogP contribution is -2.09. The van der Waals surface area contributed by atoms with Crippen LogP contribution in [0.4, 0.5) is 17.3 Å². The Hall–Kier alpha value is -2.15. The van der Waals surface area contributed by atoms with E-state index in [2.05, 4.69) is 15.6 Å². The van der Waals surface area contributed by atoms with Crippen LogP contribution in [0.2, 0.25) is 0 Å². The lowest BCUT2D eigenvalue weighted by Gasteiger charge is -2.14. The number of rotatable bonds is 6. The molecule has 0 saturated heterocycles. The molecule has 7 heteroatoms. The molecule has 0 radical (unpaired) electrons. The molecule has 0 saturated carbocycles. The Morgan fingerprint density at radius 1 is 1.45 bits per heavy atom. The van der Waals surface area contributed by atoms with Gasteiger partial charge in [-0.25, -0.2) is 4.98 Å². The number of anilines is 2. The second-order valence-corrected chi connectivity index (χ2v) is 5.09. The number of hydrogen-bond donors (Lipinski definition) is 2. The van der Waals surface area contributed by atoms with E-state index >= 15 is 0 Å². The van der Waals surface area contributed by atoms with Crippen LogP contribution >= 0.6 is 11.3 Å². The third-order valence-electron chi connectivity index (χ3n) is 2.79. The standard InChI is InChI=1S/C13H16N4O2S/c1-3-14-12-6-11(17(18)19)7-13(16-12)15-9(2)10-4-5-20-8-10/h4-9H,3H2,1-2H3,(H2,14,15,16). The zero-order chi connectivity index (χ0) is 14.5. The maximum absolute atomic E-state index is 10.9. The summed E-state index contributed by atoms with van der Waals surface area (Å²) in [4.78, 5) is 14.9. The lowest BCUT2D eigenvalue weighted by atomic mass is 10.2. The van der Waals surface area contributed by atoms with Crippen molar-refractivity contribution in [1.82, 2.24) is 4.98 Å². The van der Waals surface area contributed by atoms with E-state index in [-0.39, 0.29) is 11.7 Å². The highest BCUT2D eigenvalue weighted by atomic mass is 32.1. The number of nitrogens with zero attached hydrogens (tertiary/aromatic N) is 2. The van der Waals surface area contributed by atoms with Crippen LogP contribution in [0.3, 0.4) is 0 Å². The first-order valence-corrected chi connectivity index (χ1v) is 7.23. The third kappa shape index (κ3) is 3.45. The molecule has 2 heterocycles. The molecule has 1 unspecified atom stereocenters. The van der Waals surface area contributed by atoms with Gasteiger partial charge in [0, 0.05) is 6.54 Å². The molecule has 20 heavy (non-hydrogen) atoms. The Kier molecular flexibility index (Phi) is 4.52. The highest BCUT2D eigenvalue weighted by Gasteiger charge is 2.13. The van der Waals surface area contributed by atoms with Gasteiger partial charge in [0.25, 0.3) is 5.69 Å². The van der Waals surface area contributed by atoms with Crippen LogP contribution in [0.25, 0.3) is 0 Å². The molecule has 0 aliphatic heterocycles. The van der Waals surface area contributed by atoms with Crippen LogP contribution in [0.15, 0.2) is 29.0 Å². The number of aromatic nitrogens is 1. The van der Waals surface area contributed by atoms with Gasteiger partial charge in [0.1, 0.15) is 11.6 Å². The molecular formula is C13H16N4O2S. The Labute approximate surface area is 121 Å². The molecule has 0 bridgehead atoms. The lowest BCUT2D eigenvalue weighted by molar-refractivity contribution is -0.384. The minimum absolute atomic E-state index is 0.0240. The third-order valence-corrected chi connectivity index (χ3v) is 3.49. The fourth-order valence-electron chi connectivity index (χ4n) is 1.79. The zero-order valence-corrected chi connectivity index (χ0v) is 12.1. The smallest absolute Gasteiger partial charge is 0.276 e. The minimum atomic E-state index is -0.414. The Balaban J connectivity index is 2.23. The van der Waals surface area contributed by atoms with Crippen molar-refractivity contribution in [3.05, 3.63) is 44.6 Å². The van der Waals surface area contributed by atoms with Crippen LogP contribution in [0.1, 0.15) is 25.5 Å². The average Bonchev–Trinajstić information content (AvgIpc) is 2.92. The van der Waals surface area contributed by atoms with Crippen molar-refractivity contribution in [2.75, 3.05) is 17.2 Å². The topological polar surface area (TPSA) is 80.1 Å². The second kappa shape index (κ2) is 6.33. The molecule has 2 rings (SSSR count). The van der Waals surface area contributed by atoms with Gasteiger partial charge < -0.3 is 10.6 Å². The van der Waals surface area contributed by atoms with Crippen LogP contribution in [-0.4, -0.2) is 16.5 Å². The van der Waals surface area contributed by atoms with Gasteiger partial charge in [0.05, 0.1) is 23.1 Å². The van der Waals surface area contributed by atoms with Gasteiger partial charge in [-0.05, 0) is 36.2 Å². The molecule has 106 valence electrons. The average molecular weight is 292 g/mol. The number of nitro groups is 1. The van der Waals surface area contributed by atoms with E-state index in [1.807, 2.05) is 30.7 Å². The summed E-state index contributed by atoms with van der Waals surface area (Å²) in [7, 11) is 0. The Morgan fingerprint density at radius 2 is 2.20 bits per heavy atom. The summed E-state index contributed by atoms with van der Waals surface area (Å²) < 4.78 is 0. The number of thiophene rings is 1. The predicted molar refractivity (Wildman–Crippen MR) is 81.4 cm³/mol. The molecule has 0 fully saturated rings. The van der Waals surface area contributed by atoms with Crippen molar-refractivity contribution >= 4 is 28.7 Å². The summed E-state index contributed by atoms with van der Waals surface area (Å²) in [6.07, 6.45) is 0. The molecule has 0 aromatic carbocycles. The summed E-state index contributed by atoms with van der Waals surface area (Å²) in [6, 6.07) is 4.95. The van der Waals surface area contributed by atoms with Crippen LogP contribution in [-0.2, 0) is 0 Å². The highest BCUT2D eigenvalue weighted by molar-refractivity contribution is 7.07. The zero-order valence-electron chi connectivity index (χ0n) is 11.3. The second-order valence-electron chi connectivity index (χ2n) is 4.31. The van der Waals surface area contributed by atoms with Crippen molar-refractivity contribution in [3.8, 4) is 0 Å². The van der Waals surface area contributed by atoms with Gasteiger partial charge in [-0.2, -0.15) is 11.3 Å². The van der Waals surface area contributed by atoms with Gasteiger partial charge in [0.2, 0.25) is 0 Å². The number of hydrogen-bond acceptors (Lipinski definition) is 6. The largest absolute Gasteiger partial charge is 0.370 e. The molecule has 2 aromatic heterocycles. The Morgan fingerprint density at radius 3 is 2.80 bits per heavy atom. The van der Waals surface area contributed by atoms with Gasteiger partial charge in [-0.3, -0.25) is 10.1 Å². The maximum Gasteiger partial charge on any atom is 0.276 e. The van der Waals surface area contributed by atoms with Crippen molar-refractivity contribution < 1.29 is 4.92 Å². The van der Waals surface area contributed by atoms with E-state index in [1.165, 1.54) is 12.1 Å². The molecule has 2 aromatic rings. The van der Waals surface area contributed by atoms with Gasteiger partial charge >= 0.3 is 0 Å². The van der Waals surface area contributed by atoms with Gasteiger partial charge in [-0.1, -0.05) is 0 Å².